The van der Waals surface area contributed by atoms with Gasteiger partial charge in [0, 0.05) is 43.7 Å². The van der Waals surface area contributed by atoms with Gasteiger partial charge in [-0.25, -0.2) is 4.99 Å². The Bertz CT molecular complexity index is 669. The van der Waals surface area contributed by atoms with E-state index >= 15 is 0 Å². The quantitative estimate of drug-likeness (QED) is 0.283. The molecular weight excluding hydrogens is 483 g/mol. The number of likely N-dealkylation sites (tertiary alicyclic amines) is 1. The lowest BCUT2D eigenvalue weighted by atomic mass is 10.1. The lowest BCUT2D eigenvalue weighted by Gasteiger charge is -2.27. The van der Waals surface area contributed by atoms with Crippen LogP contribution in [0.15, 0.2) is 23.2 Å². The molecule has 0 bridgehead atoms. The third kappa shape index (κ3) is 7.56. The zero-order valence-corrected chi connectivity index (χ0v) is 20.3. The molecule has 1 atom stereocenters. The molecule has 0 aromatic heterocycles. The molecule has 29 heavy (non-hydrogen) atoms. The van der Waals surface area contributed by atoms with E-state index in [1.54, 1.807) is 14.2 Å². The van der Waals surface area contributed by atoms with Crippen LogP contribution in [0.3, 0.4) is 0 Å². The summed E-state index contributed by atoms with van der Waals surface area (Å²) in [5.41, 5.74) is 0.995. The molecule has 1 aliphatic rings. The summed E-state index contributed by atoms with van der Waals surface area (Å²) in [6, 6.07) is 6.04. The molecule has 0 aliphatic carbocycles. The molecule has 8 heteroatoms. The number of hydrogen-bond acceptors (Lipinski definition) is 4. The number of amides is 1. The first-order chi connectivity index (χ1) is 13.6. The number of nitrogens with zero attached hydrogens (tertiary/aromatic N) is 2. The van der Waals surface area contributed by atoms with E-state index in [1.807, 2.05) is 30.0 Å². The van der Waals surface area contributed by atoms with Crippen molar-refractivity contribution in [3.63, 3.8) is 0 Å². The number of ether oxygens (including phenoxy) is 2. The third-order valence-electron chi connectivity index (χ3n) is 5.04. The number of carbonyl (C=O) groups excluding carboxylic acids is 1. The number of hydrogen-bond donors (Lipinski definition) is 2. The molecule has 1 saturated heterocycles. The highest BCUT2D eigenvalue weighted by Gasteiger charge is 2.26. The standard InChI is InChI=1S/C21H34N4O3.HI/c1-5-17(25-13-7-8-20(25)26)11-12-23-21(22-6-2)24-15-16-9-10-18(27-3)14-19(16)28-4;/h9-10,14,17H,5-8,11-13,15H2,1-4H3,(H2,22,23,24);1H. The number of methoxy groups -OCH3 is 2. The number of aliphatic imine (C=N–C) groups is 1. The summed E-state index contributed by atoms with van der Waals surface area (Å²) >= 11 is 0. The van der Waals surface area contributed by atoms with Gasteiger partial charge in [0.25, 0.3) is 0 Å². The highest BCUT2D eigenvalue weighted by Crippen LogP contribution is 2.25. The van der Waals surface area contributed by atoms with Crippen LogP contribution in [-0.2, 0) is 11.3 Å². The molecule has 0 spiro atoms. The summed E-state index contributed by atoms with van der Waals surface area (Å²) in [5.74, 6) is 2.58. The van der Waals surface area contributed by atoms with Crippen LogP contribution in [0, 0.1) is 0 Å². The number of carbonyl (C=O) groups is 1. The van der Waals surface area contributed by atoms with Crippen molar-refractivity contribution in [2.75, 3.05) is 33.9 Å². The van der Waals surface area contributed by atoms with Gasteiger partial charge in [-0.1, -0.05) is 6.92 Å². The largest absolute Gasteiger partial charge is 0.497 e. The van der Waals surface area contributed by atoms with Gasteiger partial charge in [-0.15, -0.1) is 24.0 Å². The zero-order valence-electron chi connectivity index (χ0n) is 18.0. The lowest BCUT2D eigenvalue weighted by molar-refractivity contribution is -0.129. The Balaban J connectivity index is 0.00000420. The second kappa shape index (κ2) is 13.5. The van der Waals surface area contributed by atoms with Crippen molar-refractivity contribution in [2.24, 2.45) is 4.99 Å². The van der Waals surface area contributed by atoms with E-state index in [-0.39, 0.29) is 24.0 Å². The minimum atomic E-state index is 0. The van der Waals surface area contributed by atoms with E-state index in [2.05, 4.69) is 22.5 Å². The minimum Gasteiger partial charge on any atom is -0.497 e. The highest BCUT2D eigenvalue weighted by atomic mass is 127. The van der Waals surface area contributed by atoms with Crippen LogP contribution in [0.25, 0.3) is 0 Å². The fourth-order valence-electron chi connectivity index (χ4n) is 3.48. The SMILES string of the molecule is CCNC(=NCc1ccc(OC)cc1OC)NCCC(CC)N1CCCC1=O.I. The smallest absolute Gasteiger partial charge is 0.222 e. The normalized spacial score (nSPS) is 15.0. The van der Waals surface area contributed by atoms with Crippen molar-refractivity contribution in [3.8, 4) is 11.5 Å². The van der Waals surface area contributed by atoms with Crippen LogP contribution >= 0.6 is 24.0 Å². The maximum Gasteiger partial charge on any atom is 0.222 e. The third-order valence-corrected chi connectivity index (χ3v) is 5.04. The van der Waals surface area contributed by atoms with Gasteiger partial charge >= 0.3 is 0 Å². The monoisotopic (exact) mass is 518 g/mol. The Labute approximate surface area is 191 Å². The molecule has 0 saturated carbocycles. The summed E-state index contributed by atoms with van der Waals surface area (Å²) < 4.78 is 10.7. The molecule has 164 valence electrons. The summed E-state index contributed by atoms with van der Waals surface area (Å²) in [5, 5.41) is 6.67. The second-order valence-corrected chi connectivity index (χ2v) is 6.84. The van der Waals surface area contributed by atoms with E-state index in [0.717, 1.165) is 61.9 Å². The van der Waals surface area contributed by atoms with Gasteiger partial charge in [0.05, 0.1) is 20.8 Å². The fourth-order valence-corrected chi connectivity index (χ4v) is 3.48. The van der Waals surface area contributed by atoms with Crippen molar-refractivity contribution in [1.82, 2.24) is 15.5 Å². The van der Waals surface area contributed by atoms with Crippen molar-refractivity contribution in [1.29, 1.82) is 0 Å². The molecule has 1 aromatic carbocycles. The van der Waals surface area contributed by atoms with E-state index in [1.165, 1.54) is 0 Å². The molecule has 2 rings (SSSR count). The fraction of sp³-hybridized carbons (Fsp3) is 0.619. The van der Waals surface area contributed by atoms with Crippen LogP contribution in [0.2, 0.25) is 0 Å². The van der Waals surface area contributed by atoms with Gasteiger partial charge < -0.3 is 25.0 Å². The Morgan fingerprint density at radius 1 is 1.24 bits per heavy atom. The predicted molar refractivity (Wildman–Crippen MR) is 127 cm³/mol. The molecule has 1 aromatic rings. The summed E-state index contributed by atoms with van der Waals surface area (Å²) in [6.45, 7) is 7.14. The van der Waals surface area contributed by atoms with Gasteiger partial charge in [0.15, 0.2) is 5.96 Å². The highest BCUT2D eigenvalue weighted by molar-refractivity contribution is 14.0. The molecular formula is C21H35IN4O3. The number of halogens is 1. The molecule has 1 amide bonds. The van der Waals surface area contributed by atoms with Crippen molar-refractivity contribution in [2.45, 2.75) is 52.1 Å². The van der Waals surface area contributed by atoms with Gasteiger partial charge in [-0.2, -0.15) is 0 Å². The molecule has 1 heterocycles. The Morgan fingerprint density at radius 3 is 2.62 bits per heavy atom. The molecule has 7 nitrogen and oxygen atoms in total. The number of rotatable bonds is 10. The zero-order chi connectivity index (χ0) is 20.4. The average molecular weight is 518 g/mol. The van der Waals surface area contributed by atoms with Gasteiger partial charge in [0.1, 0.15) is 11.5 Å². The molecule has 1 unspecified atom stereocenters. The van der Waals surface area contributed by atoms with Crippen molar-refractivity contribution in [3.05, 3.63) is 23.8 Å². The lowest BCUT2D eigenvalue weighted by Crippen LogP contribution is -2.42. The van der Waals surface area contributed by atoms with Gasteiger partial charge in [-0.05, 0) is 38.3 Å². The molecule has 2 N–H and O–H groups in total. The molecule has 1 aliphatic heterocycles. The van der Waals surface area contributed by atoms with Crippen molar-refractivity contribution < 1.29 is 14.3 Å². The van der Waals surface area contributed by atoms with E-state index in [9.17, 15) is 4.79 Å². The first-order valence-corrected chi connectivity index (χ1v) is 10.1. The van der Waals surface area contributed by atoms with Gasteiger partial charge in [0.2, 0.25) is 5.91 Å². The van der Waals surface area contributed by atoms with Crippen LogP contribution in [0.1, 0.15) is 45.1 Å². The Kier molecular flexibility index (Phi) is 11.8. The molecule has 0 radical (unpaired) electrons. The first-order valence-electron chi connectivity index (χ1n) is 10.1. The first kappa shape index (κ1) is 25.3. The maximum absolute atomic E-state index is 12.0. The van der Waals surface area contributed by atoms with Crippen LogP contribution in [0.5, 0.6) is 11.5 Å². The second-order valence-electron chi connectivity index (χ2n) is 6.84. The topological polar surface area (TPSA) is 75.2 Å². The van der Waals surface area contributed by atoms with Crippen molar-refractivity contribution >= 4 is 35.8 Å². The summed E-state index contributed by atoms with van der Waals surface area (Å²) in [6.07, 6.45) is 3.57. The Morgan fingerprint density at radius 2 is 2.03 bits per heavy atom. The minimum absolute atomic E-state index is 0. The average Bonchev–Trinajstić information content (AvgIpc) is 3.14. The Hall–Kier alpha value is -1.71. The predicted octanol–water partition coefficient (Wildman–Crippen LogP) is 3.17. The number of guanidine groups is 1. The van der Waals surface area contributed by atoms with E-state index < -0.39 is 0 Å². The number of nitrogens with one attached hydrogen (secondary N) is 2. The molecule has 1 fully saturated rings. The van der Waals surface area contributed by atoms with Crippen LogP contribution in [0.4, 0.5) is 0 Å². The van der Waals surface area contributed by atoms with E-state index in [4.69, 9.17) is 9.47 Å². The summed E-state index contributed by atoms with van der Waals surface area (Å²) in [4.78, 5) is 18.7. The maximum atomic E-state index is 12.0. The summed E-state index contributed by atoms with van der Waals surface area (Å²) in [7, 11) is 3.29. The van der Waals surface area contributed by atoms with E-state index in [0.29, 0.717) is 24.9 Å². The van der Waals surface area contributed by atoms with Gasteiger partial charge in [-0.3, -0.25) is 4.79 Å². The number of benzene rings is 1. The van der Waals surface area contributed by atoms with Crippen LogP contribution < -0.4 is 20.1 Å². The van der Waals surface area contributed by atoms with Crippen LogP contribution in [-0.4, -0.2) is 56.7 Å².